The SMILES string of the molecule is Cc1nnnn1-c1cccc(NC(=O)c2cccc(NC(=O)NC(C)C)c2)c1. The van der Waals surface area contributed by atoms with Gasteiger partial charge in [0.15, 0.2) is 5.82 Å². The number of aryl methyl sites for hydroxylation is 1. The van der Waals surface area contributed by atoms with Gasteiger partial charge in [-0.1, -0.05) is 12.1 Å². The van der Waals surface area contributed by atoms with Crippen molar-refractivity contribution in [2.75, 3.05) is 10.6 Å². The molecule has 0 aliphatic heterocycles. The number of benzene rings is 2. The number of hydrogen-bond acceptors (Lipinski definition) is 5. The predicted octanol–water partition coefficient (Wildman–Crippen LogP) is 2.75. The number of amides is 3. The van der Waals surface area contributed by atoms with Gasteiger partial charge in [0.05, 0.1) is 5.69 Å². The van der Waals surface area contributed by atoms with Crippen molar-refractivity contribution in [3.05, 3.63) is 59.9 Å². The van der Waals surface area contributed by atoms with Crippen molar-refractivity contribution in [2.45, 2.75) is 26.8 Å². The minimum absolute atomic E-state index is 0.0163. The molecule has 144 valence electrons. The molecule has 1 heterocycles. The van der Waals surface area contributed by atoms with Gasteiger partial charge >= 0.3 is 6.03 Å². The second-order valence-corrected chi connectivity index (χ2v) is 6.48. The van der Waals surface area contributed by atoms with Gasteiger partial charge in [-0.3, -0.25) is 4.79 Å². The van der Waals surface area contributed by atoms with E-state index in [4.69, 9.17) is 0 Å². The van der Waals surface area contributed by atoms with Crippen LogP contribution in [0.5, 0.6) is 0 Å². The highest BCUT2D eigenvalue weighted by molar-refractivity contribution is 6.05. The second-order valence-electron chi connectivity index (χ2n) is 6.48. The summed E-state index contributed by atoms with van der Waals surface area (Å²) in [4.78, 5) is 24.4. The topological polar surface area (TPSA) is 114 Å². The lowest BCUT2D eigenvalue weighted by Crippen LogP contribution is -2.34. The van der Waals surface area contributed by atoms with Crippen LogP contribution >= 0.6 is 0 Å². The van der Waals surface area contributed by atoms with Crippen molar-refractivity contribution in [1.82, 2.24) is 25.5 Å². The first-order chi connectivity index (χ1) is 13.4. The number of hydrogen-bond donors (Lipinski definition) is 3. The van der Waals surface area contributed by atoms with E-state index in [0.717, 1.165) is 5.69 Å². The smallest absolute Gasteiger partial charge is 0.319 e. The maximum Gasteiger partial charge on any atom is 0.319 e. The van der Waals surface area contributed by atoms with E-state index in [1.165, 1.54) is 0 Å². The Labute approximate surface area is 162 Å². The fraction of sp³-hybridized carbons (Fsp3) is 0.211. The molecule has 2 aromatic carbocycles. The lowest BCUT2D eigenvalue weighted by atomic mass is 10.1. The Balaban J connectivity index is 1.72. The highest BCUT2D eigenvalue weighted by Gasteiger charge is 2.10. The first kappa shape index (κ1) is 19.0. The number of anilines is 2. The van der Waals surface area contributed by atoms with Crippen LogP contribution in [-0.4, -0.2) is 38.2 Å². The second kappa shape index (κ2) is 8.30. The molecule has 3 N–H and O–H groups in total. The summed E-state index contributed by atoms with van der Waals surface area (Å²) < 4.78 is 1.58. The van der Waals surface area contributed by atoms with Crippen LogP contribution in [0, 0.1) is 6.92 Å². The number of rotatable bonds is 5. The van der Waals surface area contributed by atoms with E-state index in [0.29, 0.717) is 22.8 Å². The molecule has 0 aliphatic rings. The molecule has 0 spiro atoms. The first-order valence-corrected chi connectivity index (χ1v) is 8.77. The molecule has 0 fully saturated rings. The number of carbonyl (C=O) groups excluding carboxylic acids is 2. The Morgan fingerprint density at radius 1 is 1.00 bits per heavy atom. The number of carbonyl (C=O) groups is 2. The number of tetrazole rings is 1. The highest BCUT2D eigenvalue weighted by Crippen LogP contribution is 2.17. The van der Waals surface area contributed by atoms with E-state index in [1.807, 2.05) is 19.9 Å². The van der Waals surface area contributed by atoms with Gasteiger partial charge in [-0.15, -0.1) is 5.10 Å². The highest BCUT2D eigenvalue weighted by atomic mass is 16.2. The Morgan fingerprint density at radius 2 is 1.71 bits per heavy atom. The third-order valence-electron chi connectivity index (χ3n) is 3.78. The van der Waals surface area contributed by atoms with Gasteiger partial charge in [-0.2, -0.15) is 4.68 Å². The van der Waals surface area contributed by atoms with E-state index in [1.54, 1.807) is 54.1 Å². The quantitative estimate of drug-likeness (QED) is 0.631. The third kappa shape index (κ3) is 4.70. The Kier molecular flexibility index (Phi) is 5.64. The standard InChI is InChI=1S/C19H21N7O2/c1-12(2)20-19(28)22-15-7-4-6-14(10-15)18(27)21-16-8-5-9-17(11-16)26-13(3)23-24-25-26/h4-12H,1-3H3,(H,21,27)(H2,20,22,28). The molecule has 0 unspecified atom stereocenters. The molecule has 0 saturated heterocycles. The largest absolute Gasteiger partial charge is 0.336 e. The van der Waals surface area contributed by atoms with Crippen LogP contribution < -0.4 is 16.0 Å². The molecule has 0 atom stereocenters. The predicted molar refractivity (Wildman–Crippen MR) is 106 cm³/mol. The van der Waals surface area contributed by atoms with E-state index in [-0.39, 0.29) is 18.0 Å². The number of nitrogens with zero attached hydrogens (tertiary/aromatic N) is 4. The summed E-state index contributed by atoms with van der Waals surface area (Å²) in [5.41, 5.74) is 2.30. The van der Waals surface area contributed by atoms with Gasteiger partial charge in [-0.25, -0.2) is 4.79 Å². The number of aromatic nitrogens is 4. The van der Waals surface area contributed by atoms with Crippen molar-refractivity contribution in [3.63, 3.8) is 0 Å². The molecule has 28 heavy (non-hydrogen) atoms. The summed E-state index contributed by atoms with van der Waals surface area (Å²) in [7, 11) is 0. The van der Waals surface area contributed by atoms with Gasteiger partial charge in [0, 0.05) is 23.0 Å². The van der Waals surface area contributed by atoms with Crippen LogP contribution in [0.25, 0.3) is 5.69 Å². The van der Waals surface area contributed by atoms with Gasteiger partial charge < -0.3 is 16.0 Å². The van der Waals surface area contributed by atoms with E-state index >= 15 is 0 Å². The van der Waals surface area contributed by atoms with E-state index in [2.05, 4.69) is 31.5 Å². The summed E-state index contributed by atoms with van der Waals surface area (Å²) in [6, 6.07) is 13.6. The van der Waals surface area contributed by atoms with Crippen LogP contribution in [0.1, 0.15) is 30.0 Å². The minimum Gasteiger partial charge on any atom is -0.336 e. The van der Waals surface area contributed by atoms with Crippen LogP contribution in [-0.2, 0) is 0 Å². The Bertz CT molecular complexity index is 997. The van der Waals surface area contributed by atoms with Crippen LogP contribution in [0.3, 0.4) is 0 Å². The third-order valence-corrected chi connectivity index (χ3v) is 3.78. The van der Waals surface area contributed by atoms with Gasteiger partial charge in [-0.05, 0) is 67.6 Å². The summed E-state index contributed by atoms with van der Waals surface area (Å²) in [6.45, 7) is 5.53. The summed E-state index contributed by atoms with van der Waals surface area (Å²) >= 11 is 0. The molecular weight excluding hydrogens is 358 g/mol. The van der Waals surface area contributed by atoms with Crippen molar-refractivity contribution in [3.8, 4) is 5.69 Å². The molecule has 1 aromatic heterocycles. The molecule has 0 bridgehead atoms. The molecule has 9 nitrogen and oxygen atoms in total. The van der Waals surface area contributed by atoms with Crippen LogP contribution in [0.4, 0.5) is 16.2 Å². The normalized spacial score (nSPS) is 10.6. The Morgan fingerprint density at radius 3 is 2.39 bits per heavy atom. The molecular formula is C19H21N7O2. The maximum absolute atomic E-state index is 12.6. The van der Waals surface area contributed by atoms with Crippen LogP contribution in [0.2, 0.25) is 0 Å². The molecule has 0 aliphatic carbocycles. The fourth-order valence-corrected chi connectivity index (χ4v) is 2.56. The van der Waals surface area contributed by atoms with Crippen molar-refractivity contribution < 1.29 is 9.59 Å². The summed E-state index contributed by atoms with van der Waals surface area (Å²) in [5.74, 6) is 0.348. The zero-order valence-corrected chi connectivity index (χ0v) is 15.8. The number of nitrogens with one attached hydrogen (secondary N) is 3. The minimum atomic E-state index is -0.322. The van der Waals surface area contributed by atoms with E-state index in [9.17, 15) is 9.59 Å². The average Bonchev–Trinajstić information content (AvgIpc) is 3.07. The van der Waals surface area contributed by atoms with Crippen LogP contribution in [0.15, 0.2) is 48.5 Å². The number of urea groups is 1. The summed E-state index contributed by atoms with van der Waals surface area (Å²) in [5, 5.41) is 19.7. The zero-order chi connectivity index (χ0) is 20.1. The van der Waals surface area contributed by atoms with Crippen molar-refractivity contribution in [1.29, 1.82) is 0 Å². The fourth-order valence-electron chi connectivity index (χ4n) is 2.56. The van der Waals surface area contributed by atoms with Gasteiger partial charge in [0.1, 0.15) is 0 Å². The molecule has 9 heteroatoms. The lowest BCUT2D eigenvalue weighted by Gasteiger charge is -2.11. The van der Waals surface area contributed by atoms with Crippen molar-refractivity contribution in [2.24, 2.45) is 0 Å². The molecule has 0 saturated carbocycles. The van der Waals surface area contributed by atoms with Gasteiger partial charge in [0.25, 0.3) is 5.91 Å². The maximum atomic E-state index is 12.6. The van der Waals surface area contributed by atoms with Crippen molar-refractivity contribution >= 4 is 23.3 Å². The monoisotopic (exact) mass is 379 g/mol. The first-order valence-electron chi connectivity index (χ1n) is 8.77. The molecule has 0 radical (unpaired) electrons. The summed E-state index contributed by atoms with van der Waals surface area (Å²) in [6.07, 6.45) is 0. The average molecular weight is 379 g/mol. The molecule has 3 aromatic rings. The Hall–Kier alpha value is -3.75. The molecule has 3 rings (SSSR count). The molecule has 3 amide bonds. The zero-order valence-electron chi connectivity index (χ0n) is 15.8. The van der Waals surface area contributed by atoms with E-state index < -0.39 is 0 Å². The lowest BCUT2D eigenvalue weighted by molar-refractivity contribution is 0.102. The van der Waals surface area contributed by atoms with Gasteiger partial charge in [0.2, 0.25) is 0 Å².